The first-order chi connectivity index (χ1) is 6.68. The minimum Gasteiger partial charge on any atom is -0.380 e. The van der Waals surface area contributed by atoms with E-state index in [0.29, 0.717) is 16.8 Å². The molecule has 2 N–H and O–H groups in total. The molecule has 0 saturated heterocycles. The molecule has 1 heterocycles. The maximum atomic E-state index is 6.00. The van der Waals surface area contributed by atoms with Crippen molar-refractivity contribution in [1.29, 1.82) is 0 Å². The summed E-state index contributed by atoms with van der Waals surface area (Å²) in [4.78, 5) is 0. The Morgan fingerprint density at radius 1 is 1.36 bits per heavy atom. The van der Waals surface area contributed by atoms with Crippen molar-refractivity contribution in [1.82, 2.24) is 5.16 Å². The smallest absolute Gasteiger partial charge is 0.186 e. The van der Waals surface area contributed by atoms with Crippen molar-refractivity contribution >= 4 is 17.4 Å². The number of nitrogens with two attached hydrogens (primary N) is 1. The lowest BCUT2D eigenvalue weighted by molar-refractivity contribution is 0.288. The molecule has 1 aliphatic carbocycles. The first kappa shape index (κ1) is 9.84. The van der Waals surface area contributed by atoms with Gasteiger partial charge in [-0.25, -0.2) is 0 Å². The van der Waals surface area contributed by atoms with E-state index in [9.17, 15) is 0 Å². The van der Waals surface area contributed by atoms with Crippen molar-refractivity contribution in [3.05, 3.63) is 10.8 Å². The molecule has 0 amide bonds. The zero-order valence-corrected chi connectivity index (χ0v) is 9.05. The Labute approximate surface area is 88.6 Å². The van der Waals surface area contributed by atoms with Crippen LogP contribution < -0.4 is 5.73 Å². The third kappa shape index (κ3) is 1.73. The summed E-state index contributed by atoms with van der Waals surface area (Å²) < 4.78 is 5.16. The molecule has 14 heavy (non-hydrogen) atoms. The molecule has 0 aromatic carbocycles. The quantitative estimate of drug-likeness (QED) is 0.781. The second-order valence-corrected chi connectivity index (χ2v) is 4.58. The molecule has 1 aliphatic rings. The Bertz CT molecular complexity index is 316. The molecule has 0 atom stereocenters. The molecule has 2 rings (SSSR count). The van der Waals surface area contributed by atoms with Gasteiger partial charge in [0.25, 0.3) is 0 Å². The van der Waals surface area contributed by atoms with E-state index in [-0.39, 0.29) is 0 Å². The van der Waals surface area contributed by atoms with Crippen molar-refractivity contribution in [2.45, 2.75) is 38.5 Å². The molecule has 1 aromatic rings. The van der Waals surface area contributed by atoms with Crippen molar-refractivity contribution in [2.24, 2.45) is 5.92 Å². The number of hydrogen-bond acceptors (Lipinski definition) is 3. The van der Waals surface area contributed by atoms with Gasteiger partial charge in [-0.05, 0) is 18.8 Å². The topological polar surface area (TPSA) is 52.0 Å². The summed E-state index contributed by atoms with van der Waals surface area (Å²) >= 11 is 6.00. The highest BCUT2D eigenvalue weighted by Crippen LogP contribution is 2.39. The molecule has 0 unspecified atom stereocenters. The predicted molar refractivity (Wildman–Crippen MR) is 56.3 cm³/mol. The van der Waals surface area contributed by atoms with Crippen LogP contribution in [0.3, 0.4) is 0 Å². The summed E-state index contributed by atoms with van der Waals surface area (Å²) in [6, 6.07) is 0. The minimum atomic E-state index is 0.320. The van der Waals surface area contributed by atoms with Crippen LogP contribution in [0.15, 0.2) is 4.52 Å². The van der Waals surface area contributed by atoms with E-state index >= 15 is 0 Å². The Morgan fingerprint density at radius 3 is 2.50 bits per heavy atom. The van der Waals surface area contributed by atoms with E-state index in [0.717, 1.165) is 24.5 Å². The standard InChI is InChI=1S/C10H15ClN2O/c1-6-2-4-7(5-3-6)9-8(11)10(12)13-14-9/h6-7H,2-5H2,1H3,(H2,12,13). The Balaban J connectivity index is 2.12. The molecule has 1 saturated carbocycles. The lowest BCUT2D eigenvalue weighted by Crippen LogP contribution is -2.10. The van der Waals surface area contributed by atoms with E-state index in [1.165, 1.54) is 12.8 Å². The lowest BCUT2D eigenvalue weighted by Gasteiger charge is -2.24. The van der Waals surface area contributed by atoms with E-state index in [1.807, 2.05) is 0 Å². The van der Waals surface area contributed by atoms with Gasteiger partial charge in [0.2, 0.25) is 0 Å². The maximum absolute atomic E-state index is 6.00. The van der Waals surface area contributed by atoms with Gasteiger partial charge in [-0.1, -0.05) is 36.5 Å². The predicted octanol–water partition coefficient (Wildman–Crippen LogP) is 3.20. The summed E-state index contributed by atoms with van der Waals surface area (Å²) in [5.41, 5.74) is 5.54. The Hall–Kier alpha value is -0.700. The summed E-state index contributed by atoms with van der Waals surface area (Å²) in [5, 5.41) is 4.20. The molecule has 1 fully saturated rings. The molecule has 0 spiro atoms. The highest BCUT2D eigenvalue weighted by molar-refractivity contribution is 6.33. The summed E-state index contributed by atoms with van der Waals surface area (Å²) in [5.74, 6) is 2.35. The van der Waals surface area contributed by atoms with Gasteiger partial charge in [0.1, 0.15) is 5.02 Å². The Kier molecular flexibility index (Phi) is 2.68. The number of nitrogen functional groups attached to an aromatic ring is 1. The summed E-state index contributed by atoms with van der Waals surface area (Å²) in [6.07, 6.45) is 4.74. The van der Waals surface area contributed by atoms with Crippen molar-refractivity contribution in [3.8, 4) is 0 Å². The van der Waals surface area contributed by atoms with Gasteiger partial charge in [-0.15, -0.1) is 0 Å². The molecule has 4 heteroatoms. The van der Waals surface area contributed by atoms with Gasteiger partial charge in [0.05, 0.1) is 0 Å². The molecular weight excluding hydrogens is 200 g/mol. The Morgan fingerprint density at radius 2 is 2.00 bits per heavy atom. The SMILES string of the molecule is CC1CCC(c2onc(N)c2Cl)CC1. The molecule has 78 valence electrons. The third-order valence-corrected chi connectivity index (χ3v) is 3.45. The number of aromatic nitrogens is 1. The number of hydrogen-bond donors (Lipinski definition) is 1. The number of rotatable bonds is 1. The van der Waals surface area contributed by atoms with E-state index in [1.54, 1.807) is 0 Å². The second kappa shape index (κ2) is 3.81. The van der Waals surface area contributed by atoms with E-state index in [2.05, 4.69) is 12.1 Å². The number of anilines is 1. The summed E-state index contributed by atoms with van der Waals surface area (Å²) in [6.45, 7) is 2.28. The first-order valence-corrected chi connectivity index (χ1v) is 5.46. The molecule has 0 bridgehead atoms. The fraction of sp³-hybridized carbons (Fsp3) is 0.700. The molecule has 0 radical (unpaired) electrons. The van der Waals surface area contributed by atoms with Crippen LogP contribution in [0, 0.1) is 5.92 Å². The van der Waals surface area contributed by atoms with Gasteiger partial charge < -0.3 is 10.3 Å². The fourth-order valence-electron chi connectivity index (χ4n) is 2.08. The van der Waals surface area contributed by atoms with Gasteiger partial charge in [-0.3, -0.25) is 0 Å². The third-order valence-electron chi connectivity index (χ3n) is 3.07. The van der Waals surface area contributed by atoms with E-state index < -0.39 is 0 Å². The zero-order chi connectivity index (χ0) is 10.1. The second-order valence-electron chi connectivity index (χ2n) is 4.20. The van der Waals surface area contributed by atoms with Crippen molar-refractivity contribution < 1.29 is 4.52 Å². The number of nitrogens with zero attached hydrogens (tertiary/aromatic N) is 1. The van der Waals surface area contributed by atoms with Crippen molar-refractivity contribution in [2.75, 3.05) is 5.73 Å². The lowest BCUT2D eigenvalue weighted by atomic mass is 9.82. The highest BCUT2D eigenvalue weighted by Gasteiger charge is 2.26. The number of halogens is 1. The average molecular weight is 215 g/mol. The molecule has 3 nitrogen and oxygen atoms in total. The van der Waals surface area contributed by atoms with Crippen LogP contribution in [0.1, 0.15) is 44.3 Å². The van der Waals surface area contributed by atoms with Gasteiger partial charge in [0.15, 0.2) is 11.6 Å². The maximum Gasteiger partial charge on any atom is 0.186 e. The molecule has 0 aliphatic heterocycles. The van der Waals surface area contributed by atoms with Crippen LogP contribution in [0.25, 0.3) is 0 Å². The largest absolute Gasteiger partial charge is 0.380 e. The average Bonchev–Trinajstić information content (AvgIpc) is 2.50. The highest BCUT2D eigenvalue weighted by atomic mass is 35.5. The van der Waals surface area contributed by atoms with Gasteiger partial charge >= 0.3 is 0 Å². The van der Waals surface area contributed by atoms with Gasteiger partial charge in [0, 0.05) is 5.92 Å². The van der Waals surface area contributed by atoms with Gasteiger partial charge in [-0.2, -0.15) is 0 Å². The van der Waals surface area contributed by atoms with Crippen LogP contribution in [0.5, 0.6) is 0 Å². The molecular formula is C10H15ClN2O. The van der Waals surface area contributed by atoms with E-state index in [4.69, 9.17) is 21.9 Å². The zero-order valence-electron chi connectivity index (χ0n) is 8.29. The van der Waals surface area contributed by atoms with Crippen LogP contribution in [-0.4, -0.2) is 5.16 Å². The normalized spacial score (nSPS) is 27.9. The van der Waals surface area contributed by atoms with Crippen molar-refractivity contribution in [3.63, 3.8) is 0 Å². The minimum absolute atomic E-state index is 0.320. The fourth-order valence-corrected chi connectivity index (χ4v) is 2.30. The summed E-state index contributed by atoms with van der Waals surface area (Å²) in [7, 11) is 0. The van der Waals surface area contributed by atoms with Crippen LogP contribution in [0.2, 0.25) is 5.02 Å². The van der Waals surface area contributed by atoms with Crippen LogP contribution in [0.4, 0.5) is 5.82 Å². The van der Waals surface area contributed by atoms with Crippen LogP contribution in [-0.2, 0) is 0 Å². The monoisotopic (exact) mass is 214 g/mol. The first-order valence-electron chi connectivity index (χ1n) is 5.09. The molecule has 1 aromatic heterocycles. The van der Waals surface area contributed by atoms with Crippen LogP contribution >= 0.6 is 11.6 Å².